The fourth-order valence-corrected chi connectivity index (χ4v) is 4.59. The topological polar surface area (TPSA) is 45.7 Å². The minimum Gasteiger partial charge on any atom is -0.497 e. The van der Waals surface area contributed by atoms with Crippen LogP contribution in [0.25, 0.3) is 0 Å². The quantitative estimate of drug-likeness (QED) is 0.753. The van der Waals surface area contributed by atoms with E-state index in [-0.39, 0.29) is 5.91 Å². The summed E-state index contributed by atoms with van der Waals surface area (Å²) in [6, 6.07) is 8.18. The number of methoxy groups -OCH3 is 1. The standard InChI is InChI=1S/C18H22BrN3O2S/c1-13-20-16(17(19)25-13)18(23)22-9-3-8-21(10-11-22)12-14-4-6-15(24-2)7-5-14/h4-7H,3,8-12H2,1-2H3. The molecule has 1 aliphatic rings. The second kappa shape index (κ2) is 8.29. The Morgan fingerprint density at radius 2 is 2.00 bits per heavy atom. The van der Waals surface area contributed by atoms with E-state index in [9.17, 15) is 4.79 Å². The van der Waals surface area contributed by atoms with E-state index in [1.54, 1.807) is 7.11 Å². The third kappa shape index (κ3) is 4.59. The summed E-state index contributed by atoms with van der Waals surface area (Å²) >= 11 is 4.97. The van der Waals surface area contributed by atoms with Gasteiger partial charge < -0.3 is 9.64 Å². The molecule has 1 aromatic carbocycles. The zero-order valence-corrected chi connectivity index (χ0v) is 16.9. The van der Waals surface area contributed by atoms with E-state index in [0.29, 0.717) is 5.69 Å². The maximum Gasteiger partial charge on any atom is 0.274 e. The minimum absolute atomic E-state index is 0.0301. The fourth-order valence-electron chi connectivity index (χ4n) is 3.01. The number of thiazole rings is 1. The molecule has 1 fully saturated rings. The summed E-state index contributed by atoms with van der Waals surface area (Å²) in [7, 11) is 1.68. The molecule has 5 nitrogen and oxygen atoms in total. The van der Waals surface area contributed by atoms with Crippen molar-refractivity contribution in [1.82, 2.24) is 14.8 Å². The van der Waals surface area contributed by atoms with Crippen LogP contribution < -0.4 is 4.74 Å². The molecule has 0 N–H and O–H groups in total. The van der Waals surface area contributed by atoms with Gasteiger partial charge in [-0.3, -0.25) is 9.69 Å². The van der Waals surface area contributed by atoms with Crippen LogP contribution in [0, 0.1) is 6.92 Å². The van der Waals surface area contributed by atoms with Gasteiger partial charge in [-0.25, -0.2) is 4.98 Å². The SMILES string of the molecule is COc1ccc(CN2CCCN(C(=O)c3nc(C)sc3Br)CC2)cc1. The maximum atomic E-state index is 12.7. The average Bonchev–Trinajstić information content (AvgIpc) is 2.81. The molecular formula is C18H22BrN3O2S. The first kappa shape index (κ1) is 18.4. The molecule has 0 aliphatic carbocycles. The van der Waals surface area contributed by atoms with E-state index in [1.807, 2.05) is 24.0 Å². The molecule has 0 bridgehead atoms. The minimum atomic E-state index is 0.0301. The first-order valence-electron chi connectivity index (χ1n) is 8.34. The number of ether oxygens (including phenoxy) is 1. The van der Waals surface area contributed by atoms with Gasteiger partial charge in [-0.1, -0.05) is 12.1 Å². The zero-order valence-electron chi connectivity index (χ0n) is 14.5. The smallest absolute Gasteiger partial charge is 0.274 e. The molecule has 1 saturated heterocycles. The van der Waals surface area contributed by atoms with Gasteiger partial charge in [0.1, 0.15) is 9.54 Å². The van der Waals surface area contributed by atoms with E-state index < -0.39 is 0 Å². The van der Waals surface area contributed by atoms with E-state index in [1.165, 1.54) is 16.9 Å². The van der Waals surface area contributed by atoms with Crippen LogP contribution >= 0.6 is 27.3 Å². The summed E-state index contributed by atoms with van der Waals surface area (Å²) in [5.74, 6) is 0.906. The number of hydrogen-bond donors (Lipinski definition) is 0. The Morgan fingerprint density at radius 3 is 2.64 bits per heavy atom. The lowest BCUT2D eigenvalue weighted by Crippen LogP contribution is -2.35. The van der Waals surface area contributed by atoms with E-state index in [4.69, 9.17) is 4.74 Å². The number of hydrogen-bond acceptors (Lipinski definition) is 5. The third-order valence-corrected chi connectivity index (χ3v) is 5.96. The van der Waals surface area contributed by atoms with Crippen LogP contribution in [0.2, 0.25) is 0 Å². The molecule has 2 aromatic rings. The lowest BCUT2D eigenvalue weighted by atomic mass is 10.2. The van der Waals surface area contributed by atoms with Crippen LogP contribution in [-0.4, -0.2) is 54.0 Å². The molecule has 0 saturated carbocycles. The van der Waals surface area contributed by atoms with Crippen LogP contribution in [0.4, 0.5) is 0 Å². The Labute approximate surface area is 160 Å². The second-order valence-electron chi connectivity index (χ2n) is 6.13. The summed E-state index contributed by atoms with van der Waals surface area (Å²) in [5.41, 5.74) is 1.81. The van der Waals surface area contributed by atoms with Crippen molar-refractivity contribution in [3.63, 3.8) is 0 Å². The van der Waals surface area contributed by atoms with Gasteiger partial charge in [0.2, 0.25) is 0 Å². The summed E-state index contributed by atoms with van der Waals surface area (Å²) in [6.45, 7) is 6.20. The number of carbonyl (C=O) groups is 1. The Kier molecular flexibility index (Phi) is 6.09. The van der Waals surface area contributed by atoms with Crippen LogP contribution in [0.15, 0.2) is 28.1 Å². The third-order valence-electron chi connectivity index (χ3n) is 4.34. The Balaban J connectivity index is 1.60. The van der Waals surface area contributed by atoms with Crippen LogP contribution in [0.1, 0.15) is 27.5 Å². The molecule has 25 heavy (non-hydrogen) atoms. The van der Waals surface area contributed by atoms with Crippen molar-refractivity contribution in [1.29, 1.82) is 0 Å². The monoisotopic (exact) mass is 423 g/mol. The number of nitrogens with zero attached hydrogens (tertiary/aromatic N) is 3. The highest BCUT2D eigenvalue weighted by atomic mass is 79.9. The number of benzene rings is 1. The van der Waals surface area contributed by atoms with E-state index in [0.717, 1.165) is 53.7 Å². The Hall–Kier alpha value is -1.44. The van der Waals surface area contributed by atoms with Gasteiger partial charge in [-0.2, -0.15) is 0 Å². The molecule has 2 heterocycles. The van der Waals surface area contributed by atoms with Gasteiger partial charge in [0.05, 0.1) is 12.1 Å². The molecule has 3 rings (SSSR count). The van der Waals surface area contributed by atoms with Gasteiger partial charge in [0.15, 0.2) is 5.69 Å². The summed E-state index contributed by atoms with van der Waals surface area (Å²) < 4.78 is 6.03. The lowest BCUT2D eigenvalue weighted by Gasteiger charge is -2.21. The van der Waals surface area contributed by atoms with Crippen LogP contribution in [0.3, 0.4) is 0 Å². The molecule has 134 valence electrons. The number of amides is 1. The molecule has 1 amide bonds. The molecular weight excluding hydrogens is 402 g/mol. The lowest BCUT2D eigenvalue weighted by molar-refractivity contribution is 0.0755. The van der Waals surface area contributed by atoms with Gasteiger partial charge in [0, 0.05) is 32.7 Å². The van der Waals surface area contributed by atoms with Crippen molar-refractivity contribution in [2.75, 3.05) is 33.3 Å². The Morgan fingerprint density at radius 1 is 1.24 bits per heavy atom. The van der Waals surface area contributed by atoms with Crippen molar-refractivity contribution >= 4 is 33.2 Å². The number of carbonyl (C=O) groups excluding carboxylic acids is 1. The van der Waals surface area contributed by atoms with E-state index in [2.05, 4.69) is 37.9 Å². The molecule has 0 atom stereocenters. The highest BCUT2D eigenvalue weighted by Gasteiger charge is 2.24. The normalized spacial score (nSPS) is 15.9. The molecule has 7 heteroatoms. The first-order chi connectivity index (χ1) is 12.1. The van der Waals surface area contributed by atoms with E-state index >= 15 is 0 Å². The van der Waals surface area contributed by atoms with Gasteiger partial charge in [0.25, 0.3) is 5.91 Å². The van der Waals surface area contributed by atoms with Crippen molar-refractivity contribution < 1.29 is 9.53 Å². The van der Waals surface area contributed by atoms with Crippen molar-refractivity contribution in [3.8, 4) is 5.75 Å². The number of halogens is 1. The molecule has 0 radical (unpaired) electrons. The number of rotatable bonds is 4. The molecule has 0 spiro atoms. The highest BCUT2D eigenvalue weighted by molar-refractivity contribution is 9.11. The predicted octanol–water partition coefficient (Wildman–Crippen LogP) is 3.57. The molecule has 1 aliphatic heterocycles. The fraction of sp³-hybridized carbons (Fsp3) is 0.444. The van der Waals surface area contributed by atoms with Crippen molar-refractivity contribution in [3.05, 3.63) is 44.3 Å². The van der Waals surface area contributed by atoms with Gasteiger partial charge >= 0.3 is 0 Å². The maximum absolute atomic E-state index is 12.7. The molecule has 1 aromatic heterocycles. The zero-order chi connectivity index (χ0) is 17.8. The van der Waals surface area contributed by atoms with Gasteiger partial charge in [-0.05, 0) is 47.0 Å². The second-order valence-corrected chi connectivity index (χ2v) is 8.65. The van der Waals surface area contributed by atoms with Crippen LogP contribution in [-0.2, 0) is 6.54 Å². The average molecular weight is 424 g/mol. The van der Waals surface area contributed by atoms with Crippen molar-refractivity contribution in [2.24, 2.45) is 0 Å². The Bertz CT molecular complexity index is 732. The molecule has 0 unspecified atom stereocenters. The summed E-state index contributed by atoms with van der Waals surface area (Å²) in [5, 5.41) is 0.908. The summed E-state index contributed by atoms with van der Waals surface area (Å²) in [6.07, 6.45) is 0.975. The predicted molar refractivity (Wildman–Crippen MR) is 103 cm³/mol. The van der Waals surface area contributed by atoms with Crippen molar-refractivity contribution in [2.45, 2.75) is 19.9 Å². The van der Waals surface area contributed by atoms with Gasteiger partial charge in [-0.15, -0.1) is 11.3 Å². The first-order valence-corrected chi connectivity index (χ1v) is 9.95. The largest absolute Gasteiger partial charge is 0.497 e. The van der Waals surface area contributed by atoms with Crippen LogP contribution in [0.5, 0.6) is 5.75 Å². The summed E-state index contributed by atoms with van der Waals surface area (Å²) in [4.78, 5) is 21.4. The number of aromatic nitrogens is 1. The number of aryl methyl sites for hydroxylation is 1. The highest BCUT2D eigenvalue weighted by Crippen LogP contribution is 2.26.